The molecule has 0 aliphatic carbocycles. The van der Waals surface area contributed by atoms with E-state index in [0.717, 1.165) is 3.58 Å². The monoisotopic (exact) mass is 252 g/mol. The van der Waals surface area contributed by atoms with Gasteiger partial charge in [0, 0.05) is 6.42 Å². The topological polar surface area (TPSA) is 17.1 Å². The number of halogens is 1. The largest absolute Gasteiger partial charge is 0.294 e. The Bertz CT molecular complexity index is 147. The molecule has 0 aliphatic rings. The lowest BCUT2D eigenvalue weighted by atomic mass is 10.2. The molecule has 0 aromatic heterocycles. The van der Waals surface area contributed by atoms with Crippen LogP contribution in [0.25, 0.3) is 0 Å². The zero-order chi connectivity index (χ0) is 8.15. The molecule has 0 fully saturated rings. The third-order valence-electron chi connectivity index (χ3n) is 1.07. The van der Waals surface area contributed by atoms with Gasteiger partial charge in [-0.2, -0.15) is 0 Å². The van der Waals surface area contributed by atoms with Gasteiger partial charge in [-0.3, -0.25) is 4.79 Å². The highest BCUT2D eigenvalue weighted by molar-refractivity contribution is 14.1. The Morgan fingerprint density at radius 3 is 2.40 bits per heavy atom. The third kappa shape index (κ3) is 4.04. The van der Waals surface area contributed by atoms with Gasteiger partial charge in [0.2, 0.25) is 0 Å². The van der Waals surface area contributed by atoms with Gasteiger partial charge < -0.3 is 0 Å². The van der Waals surface area contributed by atoms with Crippen molar-refractivity contribution in [1.29, 1.82) is 0 Å². The second-order valence-electron chi connectivity index (χ2n) is 2.54. The van der Waals surface area contributed by atoms with Gasteiger partial charge in [-0.25, -0.2) is 0 Å². The van der Waals surface area contributed by atoms with E-state index in [1.54, 1.807) is 0 Å². The molecule has 0 radical (unpaired) electrons. The Hall–Kier alpha value is 0.140. The minimum atomic E-state index is 0.245. The lowest BCUT2D eigenvalue weighted by Crippen LogP contribution is -1.95. The Morgan fingerprint density at radius 1 is 1.60 bits per heavy atom. The highest BCUT2D eigenvalue weighted by Crippen LogP contribution is 2.12. The van der Waals surface area contributed by atoms with E-state index >= 15 is 0 Å². The van der Waals surface area contributed by atoms with E-state index in [1.165, 1.54) is 0 Å². The molecule has 0 unspecified atom stereocenters. The van der Waals surface area contributed by atoms with Gasteiger partial charge in [0.25, 0.3) is 0 Å². The molecule has 2 heteroatoms. The van der Waals surface area contributed by atoms with Gasteiger partial charge in [0.05, 0.1) is 3.58 Å². The highest BCUT2D eigenvalue weighted by Gasteiger charge is 2.02. The number of allylic oxidation sites excluding steroid dienone is 2. The lowest BCUT2D eigenvalue weighted by Gasteiger charge is -1.97. The predicted octanol–water partition coefficient (Wildman–Crippen LogP) is 2.94. The number of rotatable bonds is 3. The maximum absolute atomic E-state index is 11.0. The van der Waals surface area contributed by atoms with Crippen LogP contribution in [-0.2, 0) is 4.79 Å². The smallest absolute Gasteiger partial charge is 0.168 e. The van der Waals surface area contributed by atoms with Gasteiger partial charge in [-0.15, -0.1) is 0 Å². The van der Waals surface area contributed by atoms with Crippen molar-refractivity contribution in [2.75, 3.05) is 0 Å². The van der Waals surface area contributed by atoms with Crippen molar-refractivity contribution in [1.82, 2.24) is 0 Å². The summed E-state index contributed by atoms with van der Waals surface area (Å²) >= 11 is 2.09. The van der Waals surface area contributed by atoms with Crippen LogP contribution in [0.3, 0.4) is 0 Å². The summed E-state index contributed by atoms with van der Waals surface area (Å²) in [7, 11) is 0. The van der Waals surface area contributed by atoms with Crippen LogP contribution in [0, 0.1) is 5.92 Å². The first-order chi connectivity index (χ1) is 4.57. The molecule has 0 aromatic carbocycles. The molecule has 58 valence electrons. The molecule has 0 aromatic rings. The molecule has 0 amide bonds. The number of ketones is 1. The summed E-state index contributed by atoms with van der Waals surface area (Å²) in [6.07, 6.45) is 2.61. The first-order valence-electron chi connectivity index (χ1n) is 3.48. The van der Waals surface area contributed by atoms with E-state index in [1.807, 2.05) is 13.0 Å². The van der Waals surface area contributed by atoms with E-state index in [-0.39, 0.29) is 5.78 Å². The van der Waals surface area contributed by atoms with Gasteiger partial charge in [0.15, 0.2) is 5.78 Å². The first-order valence-corrected chi connectivity index (χ1v) is 4.56. The average molecular weight is 252 g/mol. The number of carbonyl (C=O) groups is 1. The standard InChI is InChI=1S/C8H13IO/c1-4-8(10)7(9)5-6(2)3/h5-6H,4H2,1-3H3/b7-5-. The minimum absolute atomic E-state index is 0.245. The molecule has 0 N–H and O–H groups in total. The van der Waals surface area contributed by atoms with Gasteiger partial charge >= 0.3 is 0 Å². The van der Waals surface area contributed by atoms with Gasteiger partial charge in [0.1, 0.15) is 0 Å². The Kier molecular flexibility index (Phi) is 4.95. The molecule has 0 aliphatic heterocycles. The highest BCUT2D eigenvalue weighted by atomic mass is 127. The summed E-state index contributed by atoms with van der Waals surface area (Å²) in [5.41, 5.74) is 0. The van der Waals surface area contributed by atoms with Crippen LogP contribution in [-0.4, -0.2) is 5.78 Å². The van der Waals surface area contributed by atoms with Gasteiger partial charge in [-0.1, -0.05) is 26.8 Å². The van der Waals surface area contributed by atoms with Crippen molar-refractivity contribution < 1.29 is 4.79 Å². The summed E-state index contributed by atoms with van der Waals surface area (Å²) in [5.74, 6) is 0.719. The molecule has 0 heterocycles. The van der Waals surface area contributed by atoms with Crippen LogP contribution in [0.2, 0.25) is 0 Å². The van der Waals surface area contributed by atoms with Crippen molar-refractivity contribution in [3.63, 3.8) is 0 Å². The molecule has 0 bridgehead atoms. The number of Topliss-reactive ketones (excluding diaryl/α,β-unsaturated/α-hetero) is 1. The summed E-state index contributed by atoms with van der Waals surface area (Å²) in [6.45, 7) is 6.03. The quantitative estimate of drug-likeness (QED) is 0.557. The zero-order valence-electron chi connectivity index (χ0n) is 6.65. The molecule has 10 heavy (non-hydrogen) atoms. The van der Waals surface area contributed by atoms with Crippen molar-refractivity contribution in [2.24, 2.45) is 5.92 Å². The normalized spacial score (nSPS) is 12.3. The minimum Gasteiger partial charge on any atom is -0.294 e. The van der Waals surface area contributed by atoms with Crippen LogP contribution >= 0.6 is 22.6 Å². The van der Waals surface area contributed by atoms with E-state index in [9.17, 15) is 4.79 Å². The van der Waals surface area contributed by atoms with E-state index in [0.29, 0.717) is 12.3 Å². The summed E-state index contributed by atoms with van der Waals surface area (Å²) < 4.78 is 0.870. The van der Waals surface area contributed by atoms with Crippen LogP contribution in [0.4, 0.5) is 0 Å². The maximum atomic E-state index is 11.0. The van der Waals surface area contributed by atoms with Crippen molar-refractivity contribution in [3.8, 4) is 0 Å². The first kappa shape index (κ1) is 10.1. The predicted molar refractivity (Wildman–Crippen MR) is 52.2 cm³/mol. The van der Waals surface area contributed by atoms with E-state index in [4.69, 9.17) is 0 Å². The maximum Gasteiger partial charge on any atom is 0.168 e. The summed E-state index contributed by atoms with van der Waals surface area (Å²) in [4.78, 5) is 11.0. The lowest BCUT2D eigenvalue weighted by molar-refractivity contribution is -0.114. The van der Waals surface area contributed by atoms with Crippen LogP contribution in [0.5, 0.6) is 0 Å². The average Bonchev–Trinajstić information content (AvgIpc) is 1.85. The Balaban J connectivity index is 4.05. The molecule has 0 saturated carbocycles. The Labute approximate surface area is 76.0 Å². The van der Waals surface area contributed by atoms with Gasteiger partial charge in [-0.05, 0) is 28.5 Å². The second kappa shape index (κ2) is 4.88. The zero-order valence-corrected chi connectivity index (χ0v) is 8.81. The van der Waals surface area contributed by atoms with Crippen LogP contribution in [0.15, 0.2) is 9.66 Å². The molecular formula is C8H13IO. The number of hydrogen-bond donors (Lipinski definition) is 0. The fourth-order valence-electron chi connectivity index (χ4n) is 0.554. The third-order valence-corrected chi connectivity index (χ3v) is 2.03. The van der Waals surface area contributed by atoms with Crippen molar-refractivity contribution in [3.05, 3.63) is 9.66 Å². The fraction of sp³-hybridized carbons (Fsp3) is 0.625. The molecule has 0 saturated heterocycles. The SMILES string of the molecule is CCC(=O)/C(I)=C/C(C)C. The fourth-order valence-corrected chi connectivity index (χ4v) is 1.66. The van der Waals surface area contributed by atoms with Crippen LogP contribution in [0.1, 0.15) is 27.2 Å². The molecule has 0 atom stereocenters. The summed E-state index contributed by atoms with van der Waals surface area (Å²) in [5, 5.41) is 0. The molecular weight excluding hydrogens is 239 g/mol. The van der Waals surface area contributed by atoms with Crippen LogP contribution < -0.4 is 0 Å². The Morgan fingerprint density at radius 2 is 2.10 bits per heavy atom. The summed E-state index contributed by atoms with van der Waals surface area (Å²) in [6, 6.07) is 0. The molecule has 0 spiro atoms. The van der Waals surface area contributed by atoms with E-state index < -0.39 is 0 Å². The molecule has 1 nitrogen and oxygen atoms in total. The second-order valence-corrected chi connectivity index (χ2v) is 3.70. The number of hydrogen-bond acceptors (Lipinski definition) is 1. The number of carbonyl (C=O) groups excluding carboxylic acids is 1. The van der Waals surface area contributed by atoms with E-state index in [2.05, 4.69) is 36.4 Å². The van der Waals surface area contributed by atoms with Crippen molar-refractivity contribution >= 4 is 28.4 Å². The molecule has 0 rings (SSSR count). The van der Waals surface area contributed by atoms with Crippen molar-refractivity contribution in [2.45, 2.75) is 27.2 Å².